The Kier molecular flexibility index (Phi) is 2.46. The van der Waals surface area contributed by atoms with Crippen molar-refractivity contribution in [3.8, 4) is 0 Å². The first-order valence-corrected chi connectivity index (χ1v) is 3.71. The Bertz CT molecular complexity index is 179. The van der Waals surface area contributed by atoms with Crippen LogP contribution < -0.4 is 5.32 Å². The number of nitrogens with one attached hydrogen (secondary N) is 1. The number of hydrogen-bond donors (Lipinski definition) is 1. The summed E-state index contributed by atoms with van der Waals surface area (Å²) in [4.78, 5) is 21.5. The maximum absolute atomic E-state index is 10.8. The lowest BCUT2D eigenvalue weighted by atomic mass is 10.3. The monoisotopic (exact) mass is 157 g/mol. The molecule has 11 heavy (non-hydrogen) atoms. The Labute approximate surface area is 64.9 Å². The van der Waals surface area contributed by atoms with Crippen LogP contribution in [-0.4, -0.2) is 24.5 Å². The van der Waals surface area contributed by atoms with Gasteiger partial charge in [-0.05, 0) is 0 Å². The van der Waals surface area contributed by atoms with Crippen LogP contribution in [0.15, 0.2) is 0 Å². The van der Waals surface area contributed by atoms with Gasteiger partial charge in [-0.3, -0.25) is 9.59 Å². The Morgan fingerprint density at radius 1 is 1.82 bits per heavy atom. The molecular weight excluding hydrogens is 146 g/mol. The molecule has 0 spiro atoms. The molecule has 1 aliphatic rings. The van der Waals surface area contributed by atoms with E-state index in [2.05, 4.69) is 5.32 Å². The largest absolute Gasteiger partial charge is 0.452 e. The van der Waals surface area contributed by atoms with Gasteiger partial charge in [0.05, 0.1) is 0 Å². The van der Waals surface area contributed by atoms with E-state index in [-0.39, 0.29) is 11.9 Å². The first-order chi connectivity index (χ1) is 5.24. The summed E-state index contributed by atoms with van der Waals surface area (Å²) >= 11 is 0. The van der Waals surface area contributed by atoms with Crippen LogP contribution in [0.5, 0.6) is 0 Å². The molecule has 1 amide bonds. The van der Waals surface area contributed by atoms with Gasteiger partial charge in [0.2, 0.25) is 0 Å². The third-order valence-corrected chi connectivity index (χ3v) is 1.56. The lowest BCUT2D eigenvalue weighted by molar-refractivity contribution is -0.153. The molecule has 1 aliphatic heterocycles. The van der Waals surface area contributed by atoms with E-state index in [0.29, 0.717) is 19.4 Å². The minimum absolute atomic E-state index is 0.174. The number of hydrogen-bond acceptors (Lipinski definition) is 3. The molecule has 1 N–H and O–H groups in total. The summed E-state index contributed by atoms with van der Waals surface area (Å²) < 4.78 is 4.82. The molecule has 4 nitrogen and oxygen atoms in total. The fourth-order valence-electron chi connectivity index (χ4n) is 0.926. The Balaban J connectivity index is 2.36. The van der Waals surface area contributed by atoms with E-state index in [9.17, 15) is 9.59 Å². The highest BCUT2D eigenvalue weighted by Crippen LogP contribution is 2.05. The highest BCUT2D eigenvalue weighted by Gasteiger charge is 2.26. The van der Waals surface area contributed by atoms with E-state index in [1.165, 1.54) is 0 Å². The van der Waals surface area contributed by atoms with Crippen LogP contribution in [-0.2, 0) is 14.3 Å². The molecule has 0 aromatic carbocycles. The average Bonchev–Trinajstić information content (AvgIpc) is 2.37. The molecule has 1 saturated heterocycles. The molecule has 0 aromatic rings. The van der Waals surface area contributed by atoms with Crippen LogP contribution >= 0.6 is 0 Å². The second kappa shape index (κ2) is 3.37. The minimum atomic E-state index is -0.539. The number of rotatable bonds is 2. The fraction of sp³-hybridized carbons (Fsp3) is 0.714. The van der Waals surface area contributed by atoms with Crippen molar-refractivity contribution in [1.29, 1.82) is 0 Å². The van der Waals surface area contributed by atoms with Crippen molar-refractivity contribution in [3.05, 3.63) is 0 Å². The van der Waals surface area contributed by atoms with E-state index in [0.717, 1.165) is 0 Å². The van der Waals surface area contributed by atoms with Crippen molar-refractivity contribution in [2.75, 3.05) is 6.54 Å². The first kappa shape index (κ1) is 8.04. The van der Waals surface area contributed by atoms with Gasteiger partial charge in [-0.15, -0.1) is 0 Å². The van der Waals surface area contributed by atoms with Crippen molar-refractivity contribution in [2.45, 2.75) is 25.9 Å². The van der Waals surface area contributed by atoms with Gasteiger partial charge in [0.1, 0.15) is 0 Å². The maximum Gasteiger partial charge on any atom is 0.306 e. The van der Waals surface area contributed by atoms with Crippen LogP contribution in [0.2, 0.25) is 0 Å². The molecule has 0 radical (unpaired) electrons. The highest BCUT2D eigenvalue weighted by molar-refractivity contribution is 5.85. The predicted molar refractivity (Wildman–Crippen MR) is 37.8 cm³/mol. The zero-order valence-corrected chi connectivity index (χ0v) is 6.42. The normalized spacial score (nSPS) is 23.0. The Hall–Kier alpha value is -1.06. The van der Waals surface area contributed by atoms with Gasteiger partial charge in [-0.1, -0.05) is 6.92 Å². The fourth-order valence-corrected chi connectivity index (χ4v) is 0.926. The number of esters is 1. The van der Waals surface area contributed by atoms with E-state index in [1.54, 1.807) is 6.92 Å². The van der Waals surface area contributed by atoms with Crippen LogP contribution in [0.3, 0.4) is 0 Å². The SMILES string of the molecule is CCC(=O)OC1CCNC1=O. The summed E-state index contributed by atoms with van der Waals surface area (Å²) in [6, 6.07) is 0. The lowest BCUT2D eigenvalue weighted by Crippen LogP contribution is -2.27. The second-order valence-electron chi connectivity index (χ2n) is 2.41. The zero-order chi connectivity index (χ0) is 8.27. The lowest BCUT2D eigenvalue weighted by Gasteiger charge is -2.06. The van der Waals surface area contributed by atoms with Crippen molar-refractivity contribution in [1.82, 2.24) is 5.32 Å². The predicted octanol–water partition coefficient (Wildman–Crippen LogP) is -0.172. The average molecular weight is 157 g/mol. The van der Waals surface area contributed by atoms with Crippen LogP contribution in [0, 0.1) is 0 Å². The van der Waals surface area contributed by atoms with Gasteiger partial charge in [0.25, 0.3) is 5.91 Å². The summed E-state index contributed by atoms with van der Waals surface area (Å²) in [5.74, 6) is -0.487. The van der Waals surface area contributed by atoms with Gasteiger partial charge in [-0.2, -0.15) is 0 Å². The van der Waals surface area contributed by atoms with Gasteiger partial charge in [0.15, 0.2) is 6.10 Å². The quantitative estimate of drug-likeness (QED) is 0.566. The maximum atomic E-state index is 10.8. The van der Waals surface area contributed by atoms with Crippen LogP contribution in [0.4, 0.5) is 0 Å². The molecule has 0 aliphatic carbocycles. The summed E-state index contributed by atoms with van der Waals surface area (Å²) in [6.07, 6.45) is 0.386. The van der Waals surface area contributed by atoms with Crippen LogP contribution in [0.1, 0.15) is 19.8 Å². The smallest absolute Gasteiger partial charge is 0.306 e. The van der Waals surface area contributed by atoms with E-state index in [4.69, 9.17) is 4.74 Å². The topological polar surface area (TPSA) is 55.4 Å². The molecule has 0 aromatic heterocycles. The Morgan fingerprint density at radius 2 is 2.55 bits per heavy atom. The van der Waals surface area contributed by atoms with Gasteiger partial charge in [-0.25, -0.2) is 0 Å². The van der Waals surface area contributed by atoms with Crippen molar-refractivity contribution in [2.24, 2.45) is 0 Å². The highest BCUT2D eigenvalue weighted by atomic mass is 16.5. The van der Waals surface area contributed by atoms with Gasteiger partial charge in [0, 0.05) is 19.4 Å². The molecule has 0 saturated carbocycles. The molecule has 1 heterocycles. The third-order valence-electron chi connectivity index (χ3n) is 1.56. The van der Waals surface area contributed by atoms with Crippen LogP contribution in [0.25, 0.3) is 0 Å². The Morgan fingerprint density at radius 3 is 3.00 bits per heavy atom. The number of amides is 1. The van der Waals surface area contributed by atoms with Gasteiger partial charge < -0.3 is 10.1 Å². The van der Waals surface area contributed by atoms with Crippen molar-refractivity contribution in [3.63, 3.8) is 0 Å². The molecule has 4 heteroatoms. The molecule has 0 bridgehead atoms. The first-order valence-electron chi connectivity index (χ1n) is 3.71. The molecule has 1 rings (SSSR count). The summed E-state index contributed by atoms with van der Waals surface area (Å²) in [5.41, 5.74) is 0. The molecule has 1 atom stereocenters. The molecule has 1 fully saturated rings. The van der Waals surface area contributed by atoms with Crippen molar-refractivity contribution >= 4 is 11.9 Å². The molecular formula is C7H11NO3. The summed E-state index contributed by atoms with van der Waals surface area (Å²) in [6.45, 7) is 2.32. The number of carbonyl (C=O) groups is 2. The van der Waals surface area contributed by atoms with Crippen molar-refractivity contribution < 1.29 is 14.3 Å². The molecule has 1 unspecified atom stereocenters. The number of carbonyl (C=O) groups excluding carboxylic acids is 2. The minimum Gasteiger partial charge on any atom is -0.452 e. The second-order valence-corrected chi connectivity index (χ2v) is 2.41. The molecule has 62 valence electrons. The van der Waals surface area contributed by atoms with E-state index in [1.807, 2.05) is 0 Å². The van der Waals surface area contributed by atoms with Gasteiger partial charge >= 0.3 is 5.97 Å². The standard InChI is InChI=1S/C7H11NO3/c1-2-6(9)11-5-3-4-8-7(5)10/h5H,2-4H2,1H3,(H,8,10). The third kappa shape index (κ3) is 1.93. The summed E-state index contributed by atoms with van der Waals surface area (Å²) in [5, 5.41) is 2.58. The van der Waals surface area contributed by atoms with E-state index >= 15 is 0 Å². The van der Waals surface area contributed by atoms with E-state index < -0.39 is 6.10 Å². The zero-order valence-electron chi connectivity index (χ0n) is 6.42. The summed E-state index contributed by atoms with van der Waals surface area (Å²) in [7, 11) is 0. The number of ether oxygens (including phenoxy) is 1.